The van der Waals surface area contributed by atoms with Crippen LogP contribution in [-0.2, 0) is 4.74 Å². The molecule has 0 aromatic rings. The summed E-state index contributed by atoms with van der Waals surface area (Å²) in [7, 11) is 0. The molecule has 0 aromatic heterocycles. The minimum atomic E-state index is -0.723. The molecule has 0 spiro atoms. The van der Waals surface area contributed by atoms with Gasteiger partial charge in [0.25, 0.3) is 0 Å². The first kappa shape index (κ1) is 23.6. The number of hydrogen-bond donors (Lipinski definition) is 2. The third-order valence-electron chi connectivity index (χ3n) is 4.32. The molecule has 144 valence electrons. The molecular weight excluding hydrogens is 300 g/mol. The molecule has 0 aliphatic heterocycles. The maximum atomic E-state index is 9.11. The molecule has 1 atom stereocenters. The molecule has 3 heteroatoms. The van der Waals surface area contributed by atoms with Crippen LogP contribution in [0.5, 0.6) is 0 Å². The highest BCUT2D eigenvalue weighted by atomic mass is 16.5. The van der Waals surface area contributed by atoms with Gasteiger partial charge >= 0.3 is 0 Å². The van der Waals surface area contributed by atoms with Gasteiger partial charge in [0.1, 0.15) is 6.10 Å². The molecule has 0 heterocycles. The summed E-state index contributed by atoms with van der Waals surface area (Å²) in [6.45, 7) is 3.00. The Hall–Kier alpha value is -0.380. The van der Waals surface area contributed by atoms with Crippen molar-refractivity contribution in [1.29, 1.82) is 0 Å². The molecule has 0 radical (unpaired) electrons. The second-order valence-electron chi connectivity index (χ2n) is 6.85. The Labute approximate surface area is 150 Å². The summed E-state index contributed by atoms with van der Waals surface area (Å²) in [4.78, 5) is 0. The Morgan fingerprint density at radius 1 is 0.750 bits per heavy atom. The lowest BCUT2D eigenvalue weighted by Gasteiger charge is -2.07. The minimum Gasteiger partial charge on any atom is -0.394 e. The minimum absolute atomic E-state index is 0.215. The fourth-order valence-corrected chi connectivity index (χ4v) is 2.72. The summed E-state index contributed by atoms with van der Waals surface area (Å²) in [5.41, 5.74) is 0. The molecule has 0 aromatic carbocycles. The van der Waals surface area contributed by atoms with E-state index in [4.69, 9.17) is 14.9 Å². The summed E-state index contributed by atoms with van der Waals surface area (Å²) < 4.78 is 5.29. The van der Waals surface area contributed by atoms with E-state index in [0.29, 0.717) is 6.61 Å². The standard InChI is InChI=1S/C21H42O3/c1-2-3-4-5-6-7-8-9-10-11-12-13-14-15-16-17-18-24-20-21(23)19-22/h9-10,21-23H,2-8,11-20H2,1H3/b10-9+/t21-/m1/s1. The molecule has 0 saturated heterocycles. The molecule has 2 N–H and O–H groups in total. The number of rotatable bonds is 19. The number of aliphatic hydroxyl groups is 2. The van der Waals surface area contributed by atoms with E-state index in [1.165, 1.54) is 83.5 Å². The molecule has 0 rings (SSSR count). The van der Waals surface area contributed by atoms with E-state index in [9.17, 15) is 0 Å². The van der Waals surface area contributed by atoms with Crippen LogP contribution in [0, 0.1) is 0 Å². The molecule has 0 bridgehead atoms. The Morgan fingerprint density at radius 3 is 1.79 bits per heavy atom. The molecule has 0 fully saturated rings. The Balaban J connectivity index is 3.08. The van der Waals surface area contributed by atoms with Crippen LogP contribution in [0.2, 0.25) is 0 Å². The summed E-state index contributed by atoms with van der Waals surface area (Å²) >= 11 is 0. The van der Waals surface area contributed by atoms with Crippen LogP contribution in [0.4, 0.5) is 0 Å². The first-order chi connectivity index (χ1) is 11.8. The zero-order valence-electron chi connectivity index (χ0n) is 16.1. The maximum absolute atomic E-state index is 9.11. The monoisotopic (exact) mass is 342 g/mol. The van der Waals surface area contributed by atoms with Crippen molar-refractivity contribution in [1.82, 2.24) is 0 Å². The van der Waals surface area contributed by atoms with Gasteiger partial charge in [-0.3, -0.25) is 0 Å². The van der Waals surface area contributed by atoms with Gasteiger partial charge in [-0.2, -0.15) is 0 Å². The van der Waals surface area contributed by atoms with Crippen LogP contribution < -0.4 is 0 Å². The summed E-state index contributed by atoms with van der Waals surface area (Å²) in [6.07, 6.45) is 22.3. The van der Waals surface area contributed by atoms with Crippen LogP contribution in [-0.4, -0.2) is 36.1 Å². The van der Waals surface area contributed by atoms with Gasteiger partial charge in [-0.15, -0.1) is 0 Å². The molecule has 3 nitrogen and oxygen atoms in total. The maximum Gasteiger partial charge on any atom is 0.100 e. The zero-order valence-corrected chi connectivity index (χ0v) is 16.1. The van der Waals surface area contributed by atoms with Crippen molar-refractivity contribution in [2.75, 3.05) is 19.8 Å². The normalized spacial score (nSPS) is 13.0. The molecule has 0 amide bonds. The predicted octanol–water partition coefficient (Wildman–Crippen LogP) is 5.39. The van der Waals surface area contributed by atoms with Gasteiger partial charge in [0.15, 0.2) is 0 Å². The molecule has 0 unspecified atom stereocenters. The van der Waals surface area contributed by atoms with Crippen molar-refractivity contribution < 1.29 is 14.9 Å². The number of unbranched alkanes of at least 4 members (excludes halogenated alkanes) is 12. The molecule has 24 heavy (non-hydrogen) atoms. The van der Waals surface area contributed by atoms with Crippen LogP contribution in [0.3, 0.4) is 0 Å². The highest BCUT2D eigenvalue weighted by Crippen LogP contribution is 2.10. The SMILES string of the molecule is CCCCCCCC/C=C/CCCCCCCCOC[C@H](O)CO. The van der Waals surface area contributed by atoms with Crippen molar-refractivity contribution in [2.45, 2.75) is 103 Å². The van der Waals surface area contributed by atoms with Crippen molar-refractivity contribution in [3.8, 4) is 0 Å². The number of allylic oxidation sites excluding steroid dienone is 2. The van der Waals surface area contributed by atoms with Gasteiger partial charge in [-0.25, -0.2) is 0 Å². The smallest absolute Gasteiger partial charge is 0.100 e. The van der Waals surface area contributed by atoms with Crippen LogP contribution in [0.1, 0.15) is 96.8 Å². The van der Waals surface area contributed by atoms with E-state index in [0.717, 1.165) is 6.42 Å². The first-order valence-electron chi connectivity index (χ1n) is 10.3. The van der Waals surface area contributed by atoms with Crippen LogP contribution in [0.25, 0.3) is 0 Å². The molecular formula is C21H42O3. The fraction of sp³-hybridized carbons (Fsp3) is 0.905. The van der Waals surface area contributed by atoms with Crippen molar-refractivity contribution in [3.63, 3.8) is 0 Å². The average Bonchev–Trinajstić information content (AvgIpc) is 2.60. The molecule has 0 saturated carbocycles. The van der Waals surface area contributed by atoms with Crippen LogP contribution in [0.15, 0.2) is 12.2 Å². The van der Waals surface area contributed by atoms with Crippen molar-refractivity contribution in [3.05, 3.63) is 12.2 Å². The van der Waals surface area contributed by atoms with Crippen LogP contribution >= 0.6 is 0 Å². The fourth-order valence-electron chi connectivity index (χ4n) is 2.72. The van der Waals surface area contributed by atoms with Crippen molar-refractivity contribution in [2.24, 2.45) is 0 Å². The largest absolute Gasteiger partial charge is 0.394 e. The summed E-state index contributed by atoms with van der Waals surface area (Å²) in [5, 5.41) is 17.8. The number of aliphatic hydroxyl groups excluding tert-OH is 2. The second-order valence-corrected chi connectivity index (χ2v) is 6.85. The lowest BCUT2D eigenvalue weighted by molar-refractivity contribution is 0.00526. The number of hydrogen-bond acceptors (Lipinski definition) is 3. The Bertz CT molecular complexity index is 253. The average molecular weight is 343 g/mol. The third-order valence-corrected chi connectivity index (χ3v) is 4.32. The quantitative estimate of drug-likeness (QED) is 0.244. The second kappa shape index (κ2) is 20.7. The van der Waals surface area contributed by atoms with E-state index in [1.54, 1.807) is 0 Å². The Morgan fingerprint density at radius 2 is 1.25 bits per heavy atom. The molecule has 0 aliphatic rings. The molecule has 0 aliphatic carbocycles. The van der Waals surface area contributed by atoms with E-state index in [1.807, 2.05) is 0 Å². The van der Waals surface area contributed by atoms with E-state index in [2.05, 4.69) is 19.1 Å². The predicted molar refractivity (Wildman–Crippen MR) is 103 cm³/mol. The van der Waals surface area contributed by atoms with Crippen molar-refractivity contribution >= 4 is 0 Å². The first-order valence-corrected chi connectivity index (χ1v) is 10.3. The highest BCUT2D eigenvalue weighted by Gasteiger charge is 2.00. The van der Waals surface area contributed by atoms with E-state index >= 15 is 0 Å². The topological polar surface area (TPSA) is 49.7 Å². The van der Waals surface area contributed by atoms with Gasteiger partial charge < -0.3 is 14.9 Å². The highest BCUT2D eigenvalue weighted by molar-refractivity contribution is 4.81. The lowest BCUT2D eigenvalue weighted by atomic mass is 10.1. The number of ether oxygens (including phenoxy) is 1. The zero-order chi connectivity index (χ0) is 17.7. The van der Waals surface area contributed by atoms with E-state index in [-0.39, 0.29) is 13.2 Å². The third kappa shape index (κ3) is 19.7. The van der Waals surface area contributed by atoms with Gasteiger partial charge in [-0.1, -0.05) is 76.9 Å². The summed E-state index contributed by atoms with van der Waals surface area (Å²) in [6, 6.07) is 0. The van der Waals surface area contributed by atoms with Gasteiger partial charge in [-0.05, 0) is 32.1 Å². The lowest BCUT2D eigenvalue weighted by Crippen LogP contribution is -2.19. The summed E-state index contributed by atoms with van der Waals surface area (Å²) in [5.74, 6) is 0. The van der Waals surface area contributed by atoms with Gasteiger partial charge in [0.2, 0.25) is 0 Å². The van der Waals surface area contributed by atoms with E-state index < -0.39 is 6.10 Å². The Kier molecular flexibility index (Phi) is 20.3. The van der Waals surface area contributed by atoms with Gasteiger partial charge in [0.05, 0.1) is 13.2 Å². The van der Waals surface area contributed by atoms with Gasteiger partial charge in [0, 0.05) is 6.61 Å².